The highest BCUT2D eigenvalue weighted by Gasteiger charge is 2.41. The van der Waals surface area contributed by atoms with Crippen molar-refractivity contribution in [2.45, 2.75) is 78.3 Å². The molecule has 3 nitrogen and oxygen atoms in total. The van der Waals surface area contributed by atoms with E-state index in [1.54, 1.807) is 0 Å². The van der Waals surface area contributed by atoms with Crippen LogP contribution >= 0.6 is 0 Å². The maximum atomic E-state index is 11.3. The Hall–Kier alpha value is -0.830. The lowest BCUT2D eigenvalue weighted by molar-refractivity contribution is -0.142. The number of carbonyl (C=O) groups is 1. The molecule has 0 amide bonds. The average molecular weight is 295 g/mol. The number of esters is 1. The van der Waals surface area contributed by atoms with Crippen molar-refractivity contribution in [3.63, 3.8) is 0 Å². The summed E-state index contributed by atoms with van der Waals surface area (Å²) in [6.07, 6.45) is 8.31. The Bertz CT molecular complexity index is 355. The first kappa shape index (κ1) is 18.2. The fourth-order valence-electron chi connectivity index (χ4n) is 3.50. The third-order valence-corrected chi connectivity index (χ3v) is 4.56. The van der Waals surface area contributed by atoms with Crippen LogP contribution in [0.15, 0.2) is 12.2 Å². The van der Waals surface area contributed by atoms with Gasteiger partial charge in [0.1, 0.15) is 0 Å². The van der Waals surface area contributed by atoms with Crippen LogP contribution in [0.25, 0.3) is 0 Å². The summed E-state index contributed by atoms with van der Waals surface area (Å²) in [5, 5.41) is 0. The van der Waals surface area contributed by atoms with Crippen molar-refractivity contribution in [3.05, 3.63) is 12.2 Å². The van der Waals surface area contributed by atoms with Crippen LogP contribution < -0.4 is 0 Å². The van der Waals surface area contributed by atoms with Crippen molar-refractivity contribution in [1.29, 1.82) is 0 Å². The van der Waals surface area contributed by atoms with Gasteiger partial charge in [-0.05, 0) is 59.8 Å². The molecule has 21 heavy (non-hydrogen) atoms. The van der Waals surface area contributed by atoms with Gasteiger partial charge in [0, 0.05) is 17.6 Å². The number of carbonyl (C=O) groups excluding carboxylic acids is 1. The van der Waals surface area contributed by atoms with E-state index in [1.165, 1.54) is 19.3 Å². The molecule has 0 radical (unpaired) electrons. The first-order chi connectivity index (χ1) is 9.69. The van der Waals surface area contributed by atoms with E-state index >= 15 is 0 Å². The molecule has 0 unspecified atom stereocenters. The van der Waals surface area contributed by atoms with Gasteiger partial charge in [0.05, 0.1) is 13.0 Å². The van der Waals surface area contributed by atoms with Crippen LogP contribution in [-0.4, -0.2) is 35.1 Å². The summed E-state index contributed by atoms with van der Waals surface area (Å²) in [4.78, 5) is 14.0. The van der Waals surface area contributed by atoms with E-state index in [-0.39, 0.29) is 17.0 Å². The topological polar surface area (TPSA) is 29.5 Å². The van der Waals surface area contributed by atoms with Crippen LogP contribution in [0.1, 0.15) is 67.2 Å². The summed E-state index contributed by atoms with van der Waals surface area (Å²) in [6.45, 7) is 15.0. The third-order valence-electron chi connectivity index (χ3n) is 4.56. The van der Waals surface area contributed by atoms with Crippen molar-refractivity contribution < 1.29 is 9.53 Å². The van der Waals surface area contributed by atoms with E-state index in [0.29, 0.717) is 18.9 Å². The Morgan fingerprint density at radius 3 is 2.33 bits per heavy atom. The lowest BCUT2D eigenvalue weighted by Crippen LogP contribution is -2.59. The molecule has 0 saturated carbocycles. The van der Waals surface area contributed by atoms with E-state index in [1.807, 2.05) is 13.0 Å². The maximum absolute atomic E-state index is 11.3. The van der Waals surface area contributed by atoms with E-state index in [9.17, 15) is 4.79 Å². The number of hydrogen-bond donors (Lipinski definition) is 0. The van der Waals surface area contributed by atoms with E-state index < -0.39 is 0 Å². The zero-order valence-corrected chi connectivity index (χ0v) is 14.7. The normalized spacial score (nSPS) is 23.1. The summed E-state index contributed by atoms with van der Waals surface area (Å²) in [5.74, 6) is 0.302. The lowest BCUT2D eigenvalue weighted by Gasteiger charge is -2.53. The predicted molar refractivity (Wildman–Crippen MR) is 88.3 cm³/mol. The molecule has 0 aromatic heterocycles. The van der Waals surface area contributed by atoms with Crippen molar-refractivity contribution in [3.8, 4) is 0 Å². The summed E-state index contributed by atoms with van der Waals surface area (Å²) < 4.78 is 4.94. The molecule has 1 aliphatic rings. The molecule has 3 heteroatoms. The number of piperidine rings is 1. The number of ether oxygens (including phenoxy) is 1. The van der Waals surface area contributed by atoms with Crippen LogP contribution in [0.4, 0.5) is 0 Å². The van der Waals surface area contributed by atoms with Gasteiger partial charge in [-0.1, -0.05) is 19.1 Å². The van der Waals surface area contributed by atoms with Gasteiger partial charge in [-0.15, -0.1) is 0 Å². The van der Waals surface area contributed by atoms with Gasteiger partial charge in [-0.25, -0.2) is 0 Å². The molecule has 1 rings (SSSR count). The number of likely N-dealkylation sites (tertiary alicyclic amines) is 1. The highest BCUT2D eigenvalue weighted by atomic mass is 16.5. The van der Waals surface area contributed by atoms with Gasteiger partial charge in [0.2, 0.25) is 0 Å². The minimum absolute atomic E-state index is 0.139. The number of rotatable bonds is 6. The monoisotopic (exact) mass is 295 g/mol. The highest BCUT2D eigenvalue weighted by molar-refractivity contribution is 5.71. The Kier molecular flexibility index (Phi) is 6.45. The number of hydrogen-bond acceptors (Lipinski definition) is 3. The third kappa shape index (κ3) is 5.46. The number of nitrogens with zero attached hydrogens (tertiary/aromatic N) is 1. The Morgan fingerprint density at radius 1 is 1.24 bits per heavy atom. The second-order valence-electron chi connectivity index (χ2n) is 7.50. The van der Waals surface area contributed by atoms with Gasteiger partial charge in [-0.2, -0.15) is 0 Å². The summed E-state index contributed by atoms with van der Waals surface area (Å²) in [6, 6.07) is 0. The van der Waals surface area contributed by atoms with Gasteiger partial charge >= 0.3 is 5.97 Å². The minimum Gasteiger partial charge on any atom is -0.466 e. The standard InChI is InChI=1S/C18H33NO2/c1-7-21-16(20)11-8-10-15(2)14-19-17(3,4)12-9-13-18(19,5)6/h8,10,15H,7,9,11-14H2,1-6H3/b10-8+/t15-/m1/s1. The molecule has 0 spiro atoms. The Morgan fingerprint density at radius 2 is 1.81 bits per heavy atom. The van der Waals surface area contributed by atoms with Gasteiger partial charge in [0.25, 0.3) is 0 Å². The Labute approximate surface area is 130 Å². The molecule has 0 bridgehead atoms. The van der Waals surface area contributed by atoms with E-state index in [0.717, 1.165) is 6.54 Å². The molecule has 1 fully saturated rings. The molecule has 1 heterocycles. The van der Waals surface area contributed by atoms with E-state index in [4.69, 9.17) is 4.74 Å². The molecule has 122 valence electrons. The summed E-state index contributed by atoms with van der Waals surface area (Å²) in [7, 11) is 0. The van der Waals surface area contributed by atoms with Gasteiger partial charge in [0.15, 0.2) is 0 Å². The van der Waals surface area contributed by atoms with Crippen molar-refractivity contribution >= 4 is 5.97 Å². The van der Waals surface area contributed by atoms with Crippen LogP contribution in [0.3, 0.4) is 0 Å². The van der Waals surface area contributed by atoms with Crippen molar-refractivity contribution in [2.24, 2.45) is 5.92 Å². The first-order valence-electron chi connectivity index (χ1n) is 8.29. The van der Waals surface area contributed by atoms with Crippen LogP contribution in [0, 0.1) is 5.92 Å². The van der Waals surface area contributed by atoms with Crippen LogP contribution in [0.5, 0.6) is 0 Å². The molecular weight excluding hydrogens is 262 g/mol. The zero-order valence-electron chi connectivity index (χ0n) is 14.7. The SMILES string of the molecule is CCOC(=O)C/C=C/[C@@H](C)CN1C(C)(C)CCCC1(C)C. The van der Waals surface area contributed by atoms with Crippen molar-refractivity contribution in [1.82, 2.24) is 4.90 Å². The largest absolute Gasteiger partial charge is 0.466 e. The second-order valence-corrected chi connectivity index (χ2v) is 7.50. The molecule has 0 N–H and O–H groups in total. The summed E-state index contributed by atoms with van der Waals surface area (Å²) in [5.41, 5.74) is 0.510. The van der Waals surface area contributed by atoms with Gasteiger partial charge < -0.3 is 4.74 Å². The molecule has 1 atom stereocenters. The smallest absolute Gasteiger partial charge is 0.309 e. The minimum atomic E-state index is -0.139. The molecular formula is C18H33NO2. The first-order valence-corrected chi connectivity index (χ1v) is 8.29. The second kappa shape index (κ2) is 7.44. The highest BCUT2D eigenvalue weighted by Crippen LogP contribution is 2.38. The fourth-order valence-corrected chi connectivity index (χ4v) is 3.50. The summed E-state index contributed by atoms with van der Waals surface area (Å²) >= 11 is 0. The zero-order chi connectivity index (χ0) is 16.1. The molecule has 1 saturated heterocycles. The molecule has 0 aromatic carbocycles. The molecule has 0 aromatic rings. The average Bonchev–Trinajstić information content (AvgIpc) is 2.34. The predicted octanol–water partition coefficient (Wildman–Crippen LogP) is 4.18. The Balaban J connectivity index is 2.57. The lowest BCUT2D eigenvalue weighted by atomic mass is 9.79. The van der Waals surface area contributed by atoms with Crippen molar-refractivity contribution in [2.75, 3.05) is 13.2 Å². The van der Waals surface area contributed by atoms with Gasteiger partial charge in [-0.3, -0.25) is 9.69 Å². The van der Waals surface area contributed by atoms with Crippen LogP contribution in [-0.2, 0) is 9.53 Å². The molecule has 1 aliphatic heterocycles. The quantitative estimate of drug-likeness (QED) is 0.544. The molecule has 0 aliphatic carbocycles. The maximum Gasteiger partial charge on any atom is 0.309 e. The van der Waals surface area contributed by atoms with Crippen LogP contribution in [0.2, 0.25) is 0 Å². The van der Waals surface area contributed by atoms with E-state index in [2.05, 4.69) is 45.6 Å². The fraction of sp³-hybridized carbons (Fsp3) is 0.833.